The smallest absolute Gasteiger partial charge is 0.255 e. The molecule has 4 nitrogen and oxygen atoms in total. The topological polar surface area (TPSA) is 41.6 Å². The first-order valence-corrected chi connectivity index (χ1v) is 10.2. The number of hydrogen-bond donors (Lipinski definition) is 1. The summed E-state index contributed by atoms with van der Waals surface area (Å²) in [5.74, 6) is -0.102. The molecule has 1 saturated heterocycles. The quantitative estimate of drug-likeness (QED) is 0.671. The molecule has 1 aliphatic heterocycles. The maximum Gasteiger partial charge on any atom is 0.255 e. The summed E-state index contributed by atoms with van der Waals surface area (Å²) in [6, 6.07) is 25.8. The number of hydrogen-bond acceptors (Lipinski definition) is 4. The van der Waals surface area contributed by atoms with Crippen LogP contribution in [0.5, 0.6) is 0 Å². The fraction of sp³-hybridized carbons (Fsp3) is 0.174. The summed E-state index contributed by atoms with van der Waals surface area (Å²) in [7, 11) is 0. The van der Waals surface area contributed by atoms with E-state index in [-0.39, 0.29) is 5.91 Å². The average Bonchev–Trinajstić information content (AvgIpc) is 2.76. The first-order chi connectivity index (χ1) is 13.8. The molecule has 28 heavy (non-hydrogen) atoms. The molecule has 0 saturated carbocycles. The molecule has 0 bridgehead atoms. The molecule has 5 heteroatoms. The van der Waals surface area contributed by atoms with Crippen LogP contribution in [-0.2, 0) is 4.74 Å². The van der Waals surface area contributed by atoms with E-state index in [9.17, 15) is 4.79 Å². The molecule has 1 aliphatic rings. The molecule has 0 spiro atoms. The van der Waals surface area contributed by atoms with E-state index in [1.807, 2.05) is 66.7 Å². The Balaban J connectivity index is 1.46. The lowest BCUT2D eigenvalue weighted by Crippen LogP contribution is -2.36. The van der Waals surface area contributed by atoms with Crippen LogP contribution in [0.1, 0.15) is 10.4 Å². The van der Waals surface area contributed by atoms with Crippen molar-refractivity contribution in [1.29, 1.82) is 0 Å². The molecule has 3 aromatic rings. The second-order valence-electron chi connectivity index (χ2n) is 6.51. The Hall–Kier alpha value is -2.76. The zero-order chi connectivity index (χ0) is 19.2. The molecule has 142 valence electrons. The van der Waals surface area contributed by atoms with Gasteiger partial charge in [0.15, 0.2) is 0 Å². The minimum absolute atomic E-state index is 0.102. The van der Waals surface area contributed by atoms with Gasteiger partial charge in [-0.15, -0.1) is 0 Å². The molecule has 1 N–H and O–H groups in total. The van der Waals surface area contributed by atoms with Crippen molar-refractivity contribution in [3.63, 3.8) is 0 Å². The van der Waals surface area contributed by atoms with Crippen LogP contribution in [-0.4, -0.2) is 32.2 Å². The van der Waals surface area contributed by atoms with Crippen LogP contribution >= 0.6 is 11.8 Å². The normalized spacial score (nSPS) is 13.9. The van der Waals surface area contributed by atoms with E-state index in [4.69, 9.17) is 4.74 Å². The number of amides is 1. The summed E-state index contributed by atoms with van der Waals surface area (Å²) in [5.41, 5.74) is 2.59. The van der Waals surface area contributed by atoms with E-state index in [1.165, 1.54) is 0 Å². The van der Waals surface area contributed by atoms with E-state index in [0.29, 0.717) is 5.56 Å². The van der Waals surface area contributed by atoms with Crippen molar-refractivity contribution in [2.75, 3.05) is 36.5 Å². The summed E-state index contributed by atoms with van der Waals surface area (Å²) in [5, 5.41) is 3.05. The SMILES string of the molecule is O=C(Nc1ccccc1Sc1ccccc1)c1ccc(N2CCOCC2)cc1. The molecular formula is C23H22N2O2S. The van der Waals surface area contributed by atoms with Gasteiger partial charge in [-0.25, -0.2) is 0 Å². The van der Waals surface area contributed by atoms with Gasteiger partial charge in [-0.2, -0.15) is 0 Å². The van der Waals surface area contributed by atoms with E-state index < -0.39 is 0 Å². The van der Waals surface area contributed by atoms with Crippen LogP contribution in [0.15, 0.2) is 88.7 Å². The highest BCUT2D eigenvalue weighted by molar-refractivity contribution is 7.99. The minimum atomic E-state index is -0.102. The van der Waals surface area contributed by atoms with Gasteiger partial charge >= 0.3 is 0 Å². The predicted octanol–water partition coefficient (Wildman–Crippen LogP) is 4.93. The Bertz CT molecular complexity index is 923. The molecule has 1 fully saturated rings. The van der Waals surface area contributed by atoms with Gasteiger partial charge in [0.05, 0.1) is 18.9 Å². The van der Waals surface area contributed by atoms with Gasteiger partial charge in [0.25, 0.3) is 5.91 Å². The average molecular weight is 391 g/mol. The van der Waals surface area contributed by atoms with Gasteiger partial charge in [-0.05, 0) is 48.5 Å². The number of benzene rings is 3. The molecule has 0 atom stereocenters. The number of anilines is 2. The third kappa shape index (κ3) is 4.55. The fourth-order valence-corrected chi connectivity index (χ4v) is 4.04. The van der Waals surface area contributed by atoms with Crippen LogP contribution in [0.4, 0.5) is 11.4 Å². The number of carbonyl (C=O) groups excluding carboxylic acids is 1. The maximum absolute atomic E-state index is 12.8. The zero-order valence-electron chi connectivity index (χ0n) is 15.5. The molecular weight excluding hydrogens is 368 g/mol. The van der Waals surface area contributed by atoms with E-state index in [1.54, 1.807) is 11.8 Å². The Morgan fingerprint density at radius 3 is 2.29 bits per heavy atom. The predicted molar refractivity (Wildman–Crippen MR) is 114 cm³/mol. The van der Waals surface area contributed by atoms with E-state index in [2.05, 4.69) is 22.3 Å². The van der Waals surface area contributed by atoms with Gasteiger partial charge in [0, 0.05) is 34.1 Å². The number of rotatable bonds is 5. The van der Waals surface area contributed by atoms with Crippen molar-refractivity contribution in [1.82, 2.24) is 0 Å². The van der Waals surface area contributed by atoms with Gasteiger partial charge in [-0.3, -0.25) is 4.79 Å². The molecule has 4 rings (SSSR count). The first kappa shape index (κ1) is 18.6. The van der Waals surface area contributed by atoms with Crippen LogP contribution in [0, 0.1) is 0 Å². The summed E-state index contributed by atoms with van der Waals surface area (Å²) in [6.45, 7) is 3.27. The summed E-state index contributed by atoms with van der Waals surface area (Å²) < 4.78 is 5.40. The molecule has 0 unspecified atom stereocenters. The molecule has 1 heterocycles. The highest BCUT2D eigenvalue weighted by atomic mass is 32.2. The van der Waals surface area contributed by atoms with Crippen LogP contribution in [0.3, 0.4) is 0 Å². The Morgan fingerprint density at radius 2 is 1.54 bits per heavy atom. The Morgan fingerprint density at radius 1 is 0.857 bits per heavy atom. The lowest BCUT2D eigenvalue weighted by atomic mass is 10.1. The molecule has 3 aromatic carbocycles. The molecule has 0 aliphatic carbocycles. The number of morpholine rings is 1. The van der Waals surface area contributed by atoms with Crippen molar-refractivity contribution in [2.24, 2.45) is 0 Å². The van der Waals surface area contributed by atoms with Gasteiger partial charge in [0.1, 0.15) is 0 Å². The number of nitrogens with one attached hydrogen (secondary N) is 1. The van der Waals surface area contributed by atoms with Crippen molar-refractivity contribution in [3.8, 4) is 0 Å². The standard InChI is InChI=1S/C23H22N2O2S/c26-23(18-10-12-19(13-11-18)25-14-16-27-17-15-25)24-21-8-4-5-9-22(21)28-20-6-2-1-3-7-20/h1-13H,14-17H2,(H,24,26). The van der Waals surface area contributed by atoms with E-state index >= 15 is 0 Å². The van der Waals surface area contributed by atoms with Crippen LogP contribution in [0.2, 0.25) is 0 Å². The highest BCUT2D eigenvalue weighted by Crippen LogP contribution is 2.33. The summed E-state index contributed by atoms with van der Waals surface area (Å²) >= 11 is 1.64. The summed E-state index contributed by atoms with van der Waals surface area (Å²) in [4.78, 5) is 17.2. The zero-order valence-corrected chi connectivity index (χ0v) is 16.3. The second kappa shape index (κ2) is 8.95. The highest BCUT2D eigenvalue weighted by Gasteiger charge is 2.13. The van der Waals surface area contributed by atoms with Gasteiger partial charge in [0.2, 0.25) is 0 Å². The molecule has 0 radical (unpaired) electrons. The number of para-hydroxylation sites is 1. The monoisotopic (exact) mass is 390 g/mol. The number of ether oxygens (including phenoxy) is 1. The second-order valence-corrected chi connectivity index (χ2v) is 7.63. The van der Waals surface area contributed by atoms with Crippen LogP contribution in [0.25, 0.3) is 0 Å². The number of nitrogens with zero attached hydrogens (tertiary/aromatic N) is 1. The first-order valence-electron chi connectivity index (χ1n) is 9.36. The molecule has 1 amide bonds. The van der Waals surface area contributed by atoms with Gasteiger partial charge < -0.3 is 15.0 Å². The largest absolute Gasteiger partial charge is 0.378 e. The van der Waals surface area contributed by atoms with Crippen molar-refractivity contribution >= 4 is 29.0 Å². The van der Waals surface area contributed by atoms with Crippen molar-refractivity contribution < 1.29 is 9.53 Å². The fourth-order valence-electron chi connectivity index (χ4n) is 3.11. The van der Waals surface area contributed by atoms with Crippen molar-refractivity contribution in [3.05, 3.63) is 84.4 Å². The lowest BCUT2D eigenvalue weighted by molar-refractivity contribution is 0.102. The van der Waals surface area contributed by atoms with E-state index in [0.717, 1.165) is 47.5 Å². The Kier molecular flexibility index (Phi) is 5.95. The maximum atomic E-state index is 12.8. The lowest BCUT2D eigenvalue weighted by Gasteiger charge is -2.28. The minimum Gasteiger partial charge on any atom is -0.378 e. The van der Waals surface area contributed by atoms with Crippen LogP contribution < -0.4 is 10.2 Å². The van der Waals surface area contributed by atoms with Gasteiger partial charge in [-0.1, -0.05) is 42.1 Å². The summed E-state index contributed by atoms with van der Waals surface area (Å²) in [6.07, 6.45) is 0. The third-order valence-electron chi connectivity index (χ3n) is 4.61. The third-order valence-corrected chi connectivity index (χ3v) is 5.70. The van der Waals surface area contributed by atoms with Crippen molar-refractivity contribution in [2.45, 2.75) is 9.79 Å². The molecule has 0 aromatic heterocycles. The Labute approximate surface area is 169 Å². The number of carbonyl (C=O) groups is 1.